The fraction of sp³-hybridized carbons (Fsp3) is 0.941. The zero-order chi connectivity index (χ0) is 14.3. The van der Waals surface area contributed by atoms with Crippen molar-refractivity contribution < 1.29 is 4.79 Å². The Bertz CT molecular complexity index is 401. The predicted molar refractivity (Wildman–Crippen MR) is 83.0 cm³/mol. The van der Waals surface area contributed by atoms with E-state index in [0.29, 0.717) is 17.9 Å². The Kier molecular flexibility index (Phi) is 3.70. The minimum atomic E-state index is -0.0775. The van der Waals surface area contributed by atoms with E-state index in [1.807, 2.05) is 0 Å². The zero-order valence-electron chi connectivity index (χ0n) is 13.1. The molecule has 4 nitrogen and oxygen atoms in total. The third-order valence-electron chi connectivity index (χ3n) is 6.42. The van der Waals surface area contributed by atoms with E-state index in [-0.39, 0.29) is 5.41 Å². The number of piperidine rings is 1. The molecule has 0 unspecified atom stereocenters. The lowest BCUT2D eigenvalue weighted by atomic mass is 9.67. The van der Waals surface area contributed by atoms with Gasteiger partial charge in [-0.2, -0.15) is 0 Å². The van der Waals surface area contributed by atoms with Gasteiger partial charge in [0, 0.05) is 31.7 Å². The maximum absolute atomic E-state index is 12.9. The van der Waals surface area contributed by atoms with Crippen molar-refractivity contribution in [3.63, 3.8) is 0 Å². The first-order chi connectivity index (χ1) is 10.3. The van der Waals surface area contributed by atoms with Crippen LogP contribution in [0, 0.1) is 11.3 Å². The van der Waals surface area contributed by atoms with Crippen LogP contribution in [0.2, 0.25) is 0 Å². The molecule has 4 aliphatic rings. The van der Waals surface area contributed by atoms with Crippen molar-refractivity contribution in [2.45, 2.75) is 63.5 Å². The number of nitrogens with one attached hydrogen (secondary N) is 2. The first-order valence-electron chi connectivity index (χ1n) is 9.04. The molecule has 0 radical (unpaired) electrons. The molecule has 2 atom stereocenters. The second-order valence-corrected chi connectivity index (χ2v) is 7.74. The predicted octanol–water partition coefficient (Wildman–Crippen LogP) is 1.51. The number of hydrogen-bond donors (Lipinski definition) is 2. The van der Waals surface area contributed by atoms with Crippen LogP contribution in [-0.4, -0.2) is 49.1 Å². The molecular weight excluding hydrogens is 262 g/mol. The second kappa shape index (κ2) is 5.54. The number of hydrogen-bond acceptors (Lipinski definition) is 3. The van der Waals surface area contributed by atoms with Gasteiger partial charge in [0.25, 0.3) is 0 Å². The summed E-state index contributed by atoms with van der Waals surface area (Å²) in [7, 11) is 0. The van der Waals surface area contributed by atoms with Gasteiger partial charge in [0.1, 0.15) is 0 Å². The molecule has 2 saturated heterocycles. The fourth-order valence-corrected chi connectivity index (χ4v) is 4.87. The highest BCUT2D eigenvalue weighted by Gasteiger charge is 2.50. The lowest BCUT2D eigenvalue weighted by Gasteiger charge is -2.39. The van der Waals surface area contributed by atoms with Crippen molar-refractivity contribution in [1.82, 2.24) is 15.5 Å². The first kappa shape index (κ1) is 14.0. The van der Waals surface area contributed by atoms with Crippen molar-refractivity contribution >= 4 is 5.91 Å². The van der Waals surface area contributed by atoms with Crippen LogP contribution in [0.5, 0.6) is 0 Å². The molecule has 1 amide bonds. The molecule has 4 fully saturated rings. The van der Waals surface area contributed by atoms with Crippen molar-refractivity contribution in [3.8, 4) is 0 Å². The zero-order valence-corrected chi connectivity index (χ0v) is 13.1. The van der Waals surface area contributed by atoms with Gasteiger partial charge in [-0.05, 0) is 51.0 Å². The lowest BCUT2D eigenvalue weighted by Crippen LogP contribution is -2.53. The van der Waals surface area contributed by atoms with Crippen molar-refractivity contribution in [2.75, 3.05) is 26.2 Å². The monoisotopic (exact) mass is 291 g/mol. The lowest BCUT2D eigenvalue weighted by molar-refractivity contribution is -0.135. The molecule has 118 valence electrons. The SMILES string of the molecule is O=C(NC1CCN(C2CC2)CC1)[C@@]12CCCC[C@H]1CNC2. The van der Waals surface area contributed by atoms with Gasteiger partial charge < -0.3 is 15.5 Å². The number of carbonyl (C=O) groups excluding carboxylic acids is 1. The molecule has 0 aromatic carbocycles. The van der Waals surface area contributed by atoms with Gasteiger partial charge in [-0.3, -0.25) is 4.79 Å². The number of amides is 1. The average molecular weight is 291 g/mol. The summed E-state index contributed by atoms with van der Waals surface area (Å²) in [6.07, 6.45) is 9.96. The van der Waals surface area contributed by atoms with E-state index in [1.54, 1.807) is 0 Å². The minimum Gasteiger partial charge on any atom is -0.353 e. The number of rotatable bonds is 3. The summed E-state index contributed by atoms with van der Waals surface area (Å²) < 4.78 is 0. The average Bonchev–Trinajstić information content (AvgIpc) is 3.26. The summed E-state index contributed by atoms with van der Waals surface area (Å²) in [5.74, 6) is 0.944. The Morgan fingerprint density at radius 2 is 1.90 bits per heavy atom. The van der Waals surface area contributed by atoms with Crippen LogP contribution in [0.3, 0.4) is 0 Å². The quantitative estimate of drug-likeness (QED) is 0.828. The Hall–Kier alpha value is -0.610. The highest BCUT2D eigenvalue weighted by Crippen LogP contribution is 2.44. The molecule has 4 heteroatoms. The number of likely N-dealkylation sites (tertiary alicyclic amines) is 1. The first-order valence-corrected chi connectivity index (χ1v) is 9.04. The normalized spacial score (nSPS) is 38.2. The molecule has 0 aromatic heterocycles. The van der Waals surface area contributed by atoms with Gasteiger partial charge in [0.2, 0.25) is 5.91 Å². The Labute approximate surface area is 128 Å². The van der Waals surface area contributed by atoms with Crippen molar-refractivity contribution in [1.29, 1.82) is 0 Å². The highest BCUT2D eigenvalue weighted by atomic mass is 16.2. The second-order valence-electron chi connectivity index (χ2n) is 7.74. The maximum atomic E-state index is 12.9. The van der Waals surface area contributed by atoms with E-state index in [9.17, 15) is 4.79 Å². The minimum absolute atomic E-state index is 0.0775. The highest BCUT2D eigenvalue weighted by molar-refractivity contribution is 5.84. The van der Waals surface area contributed by atoms with Crippen molar-refractivity contribution in [2.24, 2.45) is 11.3 Å². The number of nitrogens with zero attached hydrogens (tertiary/aromatic N) is 1. The molecule has 4 rings (SSSR count). The van der Waals surface area contributed by atoms with Crippen LogP contribution in [0.4, 0.5) is 0 Å². The molecule has 2 N–H and O–H groups in total. The molecule has 2 aliphatic carbocycles. The van der Waals surface area contributed by atoms with Crippen LogP contribution < -0.4 is 10.6 Å². The van der Waals surface area contributed by atoms with Gasteiger partial charge in [0.15, 0.2) is 0 Å². The molecule has 2 saturated carbocycles. The molecule has 0 spiro atoms. The maximum Gasteiger partial charge on any atom is 0.228 e. The van der Waals surface area contributed by atoms with Crippen LogP contribution in [0.25, 0.3) is 0 Å². The molecule has 0 aromatic rings. The summed E-state index contributed by atoms with van der Waals surface area (Å²) in [6.45, 7) is 4.33. The van der Waals surface area contributed by atoms with Gasteiger partial charge >= 0.3 is 0 Å². The largest absolute Gasteiger partial charge is 0.353 e. The van der Waals surface area contributed by atoms with Crippen LogP contribution in [0.1, 0.15) is 51.4 Å². The Balaban J connectivity index is 1.34. The van der Waals surface area contributed by atoms with E-state index < -0.39 is 0 Å². The van der Waals surface area contributed by atoms with E-state index in [4.69, 9.17) is 0 Å². The Morgan fingerprint density at radius 3 is 2.67 bits per heavy atom. The van der Waals surface area contributed by atoms with Gasteiger partial charge in [-0.15, -0.1) is 0 Å². The van der Waals surface area contributed by atoms with Crippen molar-refractivity contribution in [3.05, 3.63) is 0 Å². The van der Waals surface area contributed by atoms with Gasteiger partial charge in [-0.1, -0.05) is 12.8 Å². The molecule has 2 heterocycles. The summed E-state index contributed by atoms with van der Waals surface area (Å²) in [4.78, 5) is 15.6. The van der Waals surface area contributed by atoms with E-state index in [1.165, 1.54) is 45.2 Å². The Morgan fingerprint density at radius 1 is 1.10 bits per heavy atom. The summed E-state index contributed by atoms with van der Waals surface area (Å²) >= 11 is 0. The van der Waals surface area contributed by atoms with Crippen LogP contribution in [-0.2, 0) is 4.79 Å². The van der Waals surface area contributed by atoms with E-state index >= 15 is 0 Å². The van der Waals surface area contributed by atoms with Gasteiger partial charge in [0.05, 0.1) is 5.41 Å². The van der Waals surface area contributed by atoms with Crippen LogP contribution >= 0.6 is 0 Å². The summed E-state index contributed by atoms with van der Waals surface area (Å²) in [5.41, 5.74) is -0.0775. The van der Waals surface area contributed by atoms with Crippen LogP contribution in [0.15, 0.2) is 0 Å². The number of fused-ring (bicyclic) bond motifs is 1. The summed E-state index contributed by atoms with van der Waals surface area (Å²) in [5, 5.41) is 6.91. The third-order valence-corrected chi connectivity index (χ3v) is 6.42. The van der Waals surface area contributed by atoms with Gasteiger partial charge in [-0.25, -0.2) is 0 Å². The number of carbonyl (C=O) groups is 1. The smallest absolute Gasteiger partial charge is 0.228 e. The van der Waals surface area contributed by atoms with E-state index in [2.05, 4.69) is 15.5 Å². The van der Waals surface area contributed by atoms with E-state index in [0.717, 1.165) is 38.4 Å². The molecule has 2 aliphatic heterocycles. The fourth-order valence-electron chi connectivity index (χ4n) is 4.87. The third kappa shape index (κ3) is 2.61. The molecule has 21 heavy (non-hydrogen) atoms. The molecular formula is C17H29N3O. The standard InChI is InChI=1S/C17H29N3O/c21-16(17-8-2-1-3-13(17)11-18-12-17)19-14-6-9-20(10-7-14)15-4-5-15/h13-15,18H,1-12H2,(H,19,21)/t13-,17+/m0/s1. The topological polar surface area (TPSA) is 44.4 Å². The molecule has 0 bridgehead atoms. The summed E-state index contributed by atoms with van der Waals surface area (Å²) in [6, 6.07) is 1.30.